The minimum absolute atomic E-state index is 0.00773. The van der Waals surface area contributed by atoms with E-state index in [0.717, 1.165) is 51.4 Å². The summed E-state index contributed by atoms with van der Waals surface area (Å²) in [5.74, 6) is -0.478. The largest absolute Gasteiger partial charge is 0.462 e. The van der Waals surface area contributed by atoms with E-state index in [1.54, 1.807) is 11.8 Å². The zero-order valence-corrected chi connectivity index (χ0v) is 20.2. The van der Waals surface area contributed by atoms with Gasteiger partial charge in [-0.2, -0.15) is 0 Å². The fourth-order valence-electron chi connectivity index (χ4n) is 5.38. The fourth-order valence-corrected chi connectivity index (χ4v) is 5.38. The molecular weight excluding hydrogens is 424 g/mol. The van der Waals surface area contributed by atoms with Crippen LogP contribution in [0, 0.1) is 5.92 Å². The van der Waals surface area contributed by atoms with Crippen molar-refractivity contribution in [3.63, 3.8) is 0 Å². The number of likely N-dealkylation sites (tertiary alicyclic amines) is 3. The highest BCUT2D eigenvalue weighted by atomic mass is 16.5. The van der Waals surface area contributed by atoms with E-state index in [1.165, 1.54) is 0 Å². The lowest BCUT2D eigenvalue weighted by atomic mass is 9.99. The van der Waals surface area contributed by atoms with E-state index in [1.807, 2.05) is 11.9 Å². The van der Waals surface area contributed by atoms with E-state index in [-0.39, 0.29) is 42.7 Å². The number of nitrogens with zero attached hydrogens (tertiary/aromatic N) is 3. The summed E-state index contributed by atoms with van der Waals surface area (Å²) >= 11 is 0. The molecule has 0 aromatic heterocycles. The molecule has 4 unspecified atom stereocenters. The molecule has 0 aromatic carbocycles. The number of aldehydes is 1. The van der Waals surface area contributed by atoms with Crippen LogP contribution in [-0.2, 0) is 23.9 Å². The normalized spacial score (nSPS) is 27.3. The SMILES string of the molecule is CC(CC(=O)N1CCCC1C(=O)N1CCCCC1CNCC=O)OC(=O)C1CCCN(C)C1. The van der Waals surface area contributed by atoms with E-state index in [0.29, 0.717) is 32.6 Å². The summed E-state index contributed by atoms with van der Waals surface area (Å²) in [6.45, 7) is 5.57. The Morgan fingerprint density at radius 2 is 1.79 bits per heavy atom. The molecule has 0 radical (unpaired) electrons. The molecule has 3 heterocycles. The van der Waals surface area contributed by atoms with Gasteiger partial charge in [0.1, 0.15) is 18.4 Å². The van der Waals surface area contributed by atoms with E-state index in [9.17, 15) is 19.2 Å². The molecule has 2 amide bonds. The third kappa shape index (κ3) is 6.99. The fraction of sp³-hybridized carbons (Fsp3) is 0.833. The Hall–Kier alpha value is -2.00. The summed E-state index contributed by atoms with van der Waals surface area (Å²) in [5, 5.41) is 3.09. The zero-order valence-electron chi connectivity index (χ0n) is 20.2. The minimum atomic E-state index is -0.510. The van der Waals surface area contributed by atoms with Crippen LogP contribution in [0.2, 0.25) is 0 Å². The Bertz CT molecular complexity index is 702. The van der Waals surface area contributed by atoms with Gasteiger partial charge in [0.05, 0.1) is 18.9 Å². The highest BCUT2D eigenvalue weighted by Gasteiger charge is 2.39. The molecule has 9 nitrogen and oxygen atoms in total. The Balaban J connectivity index is 1.53. The van der Waals surface area contributed by atoms with Crippen molar-refractivity contribution in [3.8, 4) is 0 Å². The summed E-state index contributed by atoms with van der Waals surface area (Å²) < 4.78 is 5.61. The quantitative estimate of drug-likeness (QED) is 0.306. The van der Waals surface area contributed by atoms with Crippen LogP contribution in [0.3, 0.4) is 0 Å². The van der Waals surface area contributed by atoms with Crippen LogP contribution in [0.1, 0.15) is 58.3 Å². The first kappa shape index (κ1) is 25.6. The third-order valence-electron chi connectivity index (χ3n) is 7.11. The maximum atomic E-state index is 13.4. The van der Waals surface area contributed by atoms with Gasteiger partial charge in [-0.15, -0.1) is 0 Å². The molecule has 0 aliphatic carbocycles. The van der Waals surface area contributed by atoms with Crippen molar-refractivity contribution in [2.24, 2.45) is 5.92 Å². The lowest BCUT2D eigenvalue weighted by Gasteiger charge is -2.39. The number of hydrogen-bond donors (Lipinski definition) is 1. The van der Waals surface area contributed by atoms with Crippen molar-refractivity contribution in [1.29, 1.82) is 0 Å². The van der Waals surface area contributed by atoms with Gasteiger partial charge in [0.15, 0.2) is 0 Å². The number of amides is 2. The molecule has 3 rings (SSSR count). The maximum absolute atomic E-state index is 13.4. The van der Waals surface area contributed by atoms with Gasteiger partial charge in [0.25, 0.3) is 0 Å². The topological polar surface area (TPSA) is 99.3 Å². The Morgan fingerprint density at radius 1 is 1.03 bits per heavy atom. The van der Waals surface area contributed by atoms with Crippen molar-refractivity contribution >= 4 is 24.1 Å². The maximum Gasteiger partial charge on any atom is 0.310 e. The van der Waals surface area contributed by atoms with Gasteiger partial charge in [-0.05, 0) is 65.5 Å². The van der Waals surface area contributed by atoms with Gasteiger partial charge in [-0.25, -0.2) is 0 Å². The number of nitrogens with one attached hydrogen (secondary N) is 1. The van der Waals surface area contributed by atoms with Gasteiger partial charge in [-0.1, -0.05) is 0 Å². The molecule has 4 atom stereocenters. The molecule has 0 bridgehead atoms. The monoisotopic (exact) mass is 464 g/mol. The lowest BCUT2D eigenvalue weighted by Crippen LogP contribution is -2.55. The van der Waals surface area contributed by atoms with Crippen molar-refractivity contribution in [1.82, 2.24) is 20.0 Å². The molecule has 33 heavy (non-hydrogen) atoms. The first-order chi connectivity index (χ1) is 15.9. The van der Waals surface area contributed by atoms with E-state index < -0.39 is 12.1 Å². The van der Waals surface area contributed by atoms with Crippen molar-refractivity contribution in [2.75, 3.05) is 46.3 Å². The van der Waals surface area contributed by atoms with Crippen LogP contribution in [0.15, 0.2) is 0 Å². The average Bonchev–Trinajstić information content (AvgIpc) is 3.29. The predicted molar refractivity (Wildman–Crippen MR) is 123 cm³/mol. The number of carbonyl (C=O) groups excluding carboxylic acids is 4. The van der Waals surface area contributed by atoms with Gasteiger partial charge in [-0.3, -0.25) is 14.4 Å². The summed E-state index contributed by atoms with van der Waals surface area (Å²) in [7, 11) is 2.00. The summed E-state index contributed by atoms with van der Waals surface area (Å²) in [6.07, 6.45) is 6.60. The first-order valence-corrected chi connectivity index (χ1v) is 12.5. The third-order valence-corrected chi connectivity index (χ3v) is 7.11. The van der Waals surface area contributed by atoms with Crippen LogP contribution >= 0.6 is 0 Å². The molecule has 3 aliphatic rings. The van der Waals surface area contributed by atoms with E-state index >= 15 is 0 Å². The predicted octanol–water partition coefficient (Wildman–Crippen LogP) is 0.811. The van der Waals surface area contributed by atoms with Crippen LogP contribution < -0.4 is 5.32 Å². The number of esters is 1. The van der Waals surface area contributed by atoms with Crippen molar-refractivity contribution in [2.45, 2.75) is 76.5 Å². The van der Waals surface area contributed by atoms with Crippen LogP contribution in [0.4, 0.5) is 0 Å². The van der Waals surface area contributed by atoms with Crippen LogP contribution in [-0.4, -0.2) is 103 Å². The van der Waals surface area contributed by atoms with Gasteiger partial charge in [0, 0.05) is 32.2 Å². The Kier molecular flexibility index (Phi) is 9.67. The Labute approximate surface area is 197 Å². The molecule has 0 spiro atoms. The average molecular weight is 465 g/mol. The smallest absolute Gasteiger partial charge is 0.310 e. The lowest BCUT2D eigenvalue weighted by molar-refractivity contribution is -0.158. The summed E-state index contributed by atoms with van der Waals surface area (Å²) in [6, 6.07) is -0.392. The second kappa shape index (κ2) is 12.5. The van der Waals surface area contributed by atoms with Gasteiger partial charge < -0.3 is 29.5 Å². The van der Waals surface area contributed by atoms with Crippen molar-refractivity contribution in [3.05, 3.63) is 0 Å². The molecule has 0 aromatic rings. The molecule has 9 heteroatoms. The Morgan fingerprint density at radius 3 is 2.55 bits per heavy atom. The molecule has 3 fully saturated rings. The molecule has 3 aliphatic heterocycles. The highest BCUT2D eigenvalue weighted by molar-refractivity contribution is 5.89. The second-order valence-electron chi connectivity index (χ2n) is 9.80. The number of hydrogen-bond acceptors (Lipinski definition) is 7. The molecule has 1 N–H and O–H groups in total. The molecule has 3 saturated heterocycles. The molecule has 0 saturated carbocycles. The summed E-state index contributed by atoms with van der Waals surface area (Å²) in [4.78, 5) is 55.3. The minimum Gasteiger partial charge on any atom is -0.462 e. The number of rotatable bonds is 9. The standard InChI is InChI=1S/C24H40N4O5/c1-18(33-24(32)19-7-5-11-26(2)17-19)15-22(30)28-13-6-9-21(28)23(31)27-12-4-3-8-20(27)16-25-10-14-29/h14,18-21,25H,3-13,15-17H2,1-2H3. The van der Waals surface area contributed by atoms with Crippen LogP contribution in [0.5, 0.6) is 0 Å². The first-order valence-electron chi connectivity index (χ1n) is 12.5. The second-order valence-corrected chi connectivity index (χ2v) is 9.80. The van der Waals surface area contributed by atoms with Crippen LogP contribution in [0.25, 0.3) is 0 Å². The van der Waals surface area contributed by atoms with E-state index in [4.69, 9.17) is 4.74 Å². The highest BCUT2D eigenvalue weighted by Crippen LogP contribution is 2.25. The molecular formula is C24H40N4O5. The number of piperidine rings is 2. The van der Waals surface area contributed by atoms with Crippen molar-refractivity contribution < 1.29 is 23.9 Å². The zero-order chi connectivity index (χ0) is 23.8. The number of ether oxygens (including phenoxy) is 1. The number of carbonyl (C=O) groups is 4. The van der Waals surface area contributed by atoms with Gasteiger partial charge in [0.2, 0.25) is 11.8 Å². The summed E-state index contributed by atoms with van der Waals surface area (Å²) in [5.41, 5.74) is 0. The van der Waals surface area contributed by atoms with Gasteiger partial charge >= 0.3 is 5.97 Å². The van der Waals surface area contributed by atoms with E-state index in [2.05, 4.69) is 10.2 Å². The molecule has 186 valence electrons.